The summed E-state index contributed by atoms with van der Waals surface area (Å²) in [6.45, 7) is 1.30. The lowest BCUT2D eigenvalue weighted by atomic mass is 9.94. The van der Waals surface area contributed by atoms with Crippen LogP contribution < -0.4 is 4.72 Å². The Balaban J connectivity index is 3.31. The van der Waals surface area contributed by atoms with Crippen LogP contribution in [0.3, 0.4) is 0 Å². The van der Waals surface area contributed by atoms with Gasteiger partial charge in [-0.2, -0.15) is 4.72 Å². The highest BCUT2D eigenvalue weighted by Crippen LogP contribution is 2.24. The van der Waals surface area contributed by atoms with E-state index in [1.54, 1.807) is 24.3 Å². The van der Waals surface area contributed by atoms with Crippen molar-refractivity contribution in [2.24, 2.45) is 0 Å². The smallest absolute Gasteiger partial charge is 0.329 e. The lowest BCUT2D eigenvalue weighted by Gasteiger charge is -2.25. The van der Waals surface area contributed by atoms with Crippen LogP contribution in [0.15, 0.2) is 28.7 Å². The third-order valence-electron chi connectivity index (χ3n) is 2.22. The summed E-state index contributed by atoms with van der Waals surface area (Å²) in [6.07, 6.45) is 0.923. The summed E-state index contributed by atoms with van der Waals surface area (Å²) >= 11 is 3.21. The molecule has 0 aliphatic carbocycles. The van der Waals surface area contributed by atoms with Crippen LogP contribution in [0.5, 0.6) is 0 Å². The number of hydrogen-bond acceptors (Lipinski definition) is 3. The molecule has 94 valence electrons. The Kier molecular flexibility index (Phi) is 3.95. The highest BCUT2D eigenvalue weighted by atomic mass is 79.9. The Bertz CT molecular complexity index is 543. The van der Waals surface area contributed by atoms with Crippen molar-refractivity contribution in [2.75, 3.05) is 6.26 Å². The van der Waals surface area contributed by atoms with Crippen LogP contribution in [0.1, 0.15) is 12.5 Å². The normalized spacial score (nSPS) is 15.2. The van der Waals surface area contributed by atoms with Gasteiger partial charge in [0.2, 0.25) is 10.0 Å². The molecule has 1 atom stereocenters. The molecule has 1 unspecified atom stereocenters. The number of rotatable bonds is 4. The first-order valence-electron chi connectivity index (χ1n) is 4.63. The van der Waals surface area contributed by atoms with Crippen molar-refractivity contribution in [1.29, 1.82) is 0 Å². The molecule has 0 aromatic heterocycles. The number of hydrogen-bond donors (Lipinski definition) is 2. The Morgan fingerprint density at radius 3 is 2.47 bits per heavy atom. The average molecular weight is 322 g/mol. The molecule has 2 N–H and O–H groups in total. The standard InChI is InChI=1S/C10H12BrNO4S/c1-10(9(13)14,12-17(2,15)16)7-4-3-5-8(11)6-7/h3-6,12H,1-2H3,(H,13,14). The van der Waals surface area contributed by atoms with Crippen LogP contribution in [-0.2, 0) is 20.4 Å². The van der Waals surface area contributed by atoms with Gasteiger partial charge in [0, 0.05) is 4.47 Å². The molecule has 0 aliphatic heterocycles. The number of carboxylic acids is 1. The zero-order valence-electron chi connectivity index (χ0n) is 9.27. The predicted molar refractivity (Wildman–Crippen MR) is 67.1 cm³/mol. The monoisotopic (exact) mass is 321 g/mol. The Hall–Kier alpha value is -0.920. The number of aliphatic carboxylic acids is 1. The predicted octanol–water partition coefficient (Wildman–Crippen LogP) is 1.30. The van der Waals surface area contributed by atoms with Crippen molar-refractivity contribution in [2.45, 2.75) is 12.5 Å². The van der Waals surface area contributed by atoms with Crippen LogP contribution in [0, 0.1) is 0 Å². The summed E-state index contributed by atoms with van der Waals surface area (Å²) in [5, 5.41) is 9.20. The fourth-order valence-electron chi connectivity index (χ4n) is 1.40. The molecule has 0 radical (unpaired) electrons. The second-order valence-corrected chi connectivity index (χ2v) is 6.48. The third-order valence-corrected chi connectivity index (χ3v) is 3.49. The molecule has 1 aromatic rings. The van der Waals surface area contributed by atoms with E-state index < -0.39 is 21.5 Å². The fourth-order valence-corrected chi connectivity index (χ4v) is 2.74. The van der Waals surface area contributed by atoms with Gasteiger partial charge in [-0.05, 0) is 24.6 Å². The molecule has 1 aromatic carbocycles. The van der Waals surface area contributed by atoms with Gasteiger partial charge in [0.05, 0.1) is 6.26 Å². The lowest BCUT2D eigenvalue weighted by molar-refractivity contribution is -0.143. The summed E-state index contributed by atoms with van der Waals surface area (Å²) < 4.78 is 25.3. The maximum absolute atomic E-state index is 11.3. The van der Waals surface area contributed by atoms with Crippen molar-refractivity contribution in [1.82, 2.24) is 4.72 Å². The zero-order chi connectivity index (χ0) is 13.3. The summed E-state index contributed by atoms with van der Waals surface area (Å²) in [4.78, 5) is 11.3. The SMILES string of the molecule is CC(NS(C)(=O)=O)(C(=O)O)c1cccc(Br)c1. The lowest BCUT2D eigenvalue weighted by Crippen LogP contribution is -2.49. The number of carboxylic acid groups (broad SMARTS) is 1. The van der Waals surface area contributed by atoms with Crippen LogP contribution in [0.25, 0.3) is 0 Å². The van der Waals surface area contributed by atoms with Gasteiger partial charge in [0.1, 0.15) is 0 Å². The number of benzene rings is 1. The van der Waals surface area contributed by atoms with Gasteiger partial charge in [-0.15, -0.1) is 0 Å². The molecule has 0 aliphatic rings. The van der Waals surface area contributed by atoms with Crippen molar-refractivity contribution >= 4 is 31.9 Å². The molecule has 0 fully saturated rings. The van der Waals surface area contributed by atoms with E-state index in [0.29, 0.717) is 10.0 Å². The molecule has 7 heteroatoms. The highest BCUT2D eigenvalue weighted by molar-refractivity contribution is 9.10. The van der Waals surface area contributed by atoms with Gasteiger partial charge in [0.15, 0.2) is 5.54 Å². The molecule has 0 saturated carbocycles. The Morgan fingerprint density at radius 1 is 1.47 bits per heavy atom. The molecular formula is C10H12BrNO4S. The summed E-state index contributed by atoms with van der Waals surface area (Å²) in [5.74, 6) is -1.26. The van der Waals surface area contributed by atoms with Gasteiger partial charge in [-0.1, -0.05) is 28.1 Å². The van der Waals surface area contributed by atoms with Crippen molar-refractivity contribution < 1.29 is 18.3 Å². The van der Waals surface area contributed by atoms with E-state index >= 15 is 0 Å². The zero-order valence-corrected chi connectivity index (χ0v) is 11.7. The minimum Gasteiger partial charge on any atom is -0.480 e. The van der Waals surface area contributed by atoms with Gasteiger partial charge in [-0.3, -0.25) is 0 Å². The van der Waals surface area contributed by atoms with Gasteiger partial charge in [0.25, 0.3) is 0 Å². The molecule has 0 amide bonds. The van der Waals surface area contributed by atoms with E-state index in [-0.39, 0.29) is 0 Å². The maximum Gasteiger partial charge on any atom is 0.329 e. The van der Waals surface area contributed by atoms with Crippen molar-refractivity contribution in [3.63, 3.8) is 0 Å². The van der Waals surface area contributed by atoms with Crippen LogP contribution in [0.2, 0.25) is 0 Å². The maximum atomic E-state index is 11.3. The molecule has 1 rings (SSSR count). The molecule has 0 bridgehead atoms. The summed E-state index contributed by atoms with van der Waals surface area (Å²) in [5.41, 5.74) is -1.33. The molecule has 5 nitrogen and oxygen atoms in total. The first-order valence-corrected chi connectivity index (χ1v) is 7.32. The van der Waals surface area contributed by atoms with E-state index in [9.17, 15) is 18.3 Å². The van der Waals surface area contributed by atoms with Crippen LogP contribution >= 0.6 is 15.9 Å². The minimum absolute atomic E-state index is 0.352. The van der Waals surface area contributed by atoms with Gasteiger partial charge in [-0.25, -0.2) is 13.2 Å². The molecule has 17 heavy (non-hydrogen) atoms. The Labute approximate surface area is 108 Å². The molecule has 0 heterocycles. The third kappa shape index (κ3) is 3.52. The first-order chi connectivity index (χ1) is 7.65. The van der Waals surface area contributed by atoms with E-state index in [1.807, 2.05) is 0 Å². The fraction of sp³-hybridized carbons (Fsp3) is 0.300. The highest BCUT2D eigenvalue weighted by Gasteiger charge is 2.38. The van der Waals surface area contributed by atoms with Crippen molar-refractivity contribution in [3.05, 3.63) is 34.3 Å². The number of nitrogens with one attached hydrogen (secondary N) is 1. The molecule has 0 saturated heterocycles. The molecular weight excluding hydrogens is 310 g/mol. The second kappa shape index (κ2) is 4.75. The van der Waals surface area contributed by atoms with Gasteiger partial charge < -0.3 is 5.11 Å². The van der Waals surface area contributed by atoms with Crippen molar-refractivity contribution in [3.8, 4) is 0 Å². The van der Waals surface area contributed by atoms with E-state index in [1.165, 1.54) is 6.92 Å². The number of halogens is 1. The van der Waals surface area contributed by atoms with Crippen LogP contribution in [-0.4, -0.2) is 25.7 Å². The number of carbonyl (C=O) groups is 1. The van der Waals surface area contributed by atoms with E-state index in [2.05, 4.69) is 20.7 Å². The topological polar surface area (TPSA) is 83.5 Å². The number of sulfonamides is 1. The first kappa shape index (κ1) is 14.1. The minimum atomic E-state index is -3.63. The average Bonchev–Trinajstić information content (AvgIpc) is 2.14. The quantitative estimate of drug-likeness (QED) is 0.875. The summed E-state index contributed by atoms with van der Waals surface area (Å²) in [7, 11) is -3.63. The van der Waals surface area contributed by atoms with Gasteiger partial charge >= 0.3 is 5.97 Å². The summed E-state index contributed by atoms with van der Waals surface area (Å²) in [6, 6.07) is 6.49. The van der Waals surface area contributed by atoms with E-state index in [4.69, 9.17) is 0 Å². The molecule has 0 spiro atoms. The Morgan fingerprint density at radius 2 is 2.06 bits per heavy atom. The second-order valence-electron chi connectivity index (χ2n) is 3.81. The van der Waals surface area contributed by atoms with E-state index in [0.717, 1.165) is 6.26 Å². The largest absolute Gasteiger partial charge is 0.480 e. The van der Waals surface area contributed by atoms with Crippen LogP contribution in [0.4, 0.5) is 0 Å².